The van der Waals surface area contributed by atoms with E-state index in [1.54, 1.807) is 25.3 Å². The van der Waals surface area contributed by atoms with Gasteiger partial charge in [0, 0.05) is 18.7 Å². The lowest BCUT2D eigenvalue weighted by molar-refractivity contribution is 0.0942. The zero-order chi connectivity index (χ0) is 19.5. The number of amides is 1. The lowest BCUT2D eigenvalue weighted by Crippen LogP contribution is -2.49. The monoisotopic (exact) mass is 383 g/mol. The van der Waals surface area contributed by atoms with Gasteiger partial charge in [-0.3, -0.25) is 15.6 Å². The number of thiocarbonyl (C=S) groups is 1. The van der Waals surface area contributed by atoms with E-state index in [1.807, 2.05) is 13.8 Å². The van der Waals surface area contributed by atoms with Gasteiger partial charge in [0.15, 0.2) is 16.6 Å². The Morgan fingerprint density at radius 3 is 2.46 bits per heavy atom. The first-order valence-corrected chi connectivity index (χ1v) is 9.03. The van der Waals surface area contributed by atoms with Crippen LogP contribution in [0.25, 0.3) is 0 Å². The number of benzene rings is 1. The molecule has 0 aliphatic heterocycles. The van der Waals surface area contributed by atoms with E-state index < -0.39 is 0 Å². The van der Waals surface area contributed by atoms with Crippen molar-refractivity contribution in [3.8, 4) is 11.5 Å². The minimum Gasteiger partial charge on any atom is -0.490 e. The van der Waals surface area contributed by atoms with Gasteiger partial charge in [-0.25, -0.2) is 0 Å². The van der Waals surface area contributed by atoms with Crippen LogP contribution in [0.2, 0.25) is 0 Å². The van der Waals surface area contributed by atoms with Gasteiger partial charge in [-0.15, -0.1) is 0 Å². The van der Waals surface area contributed by atoms with Gasteiger partial charge < -0.3 is 19.5 Å². The van der Waals surface area contributed by atoms with E-state index in [0.29, 0.717) is 47.9 Å². The summed E-state index contributed by atoms with van der Waals surface area (Å²) < 4.78 is 16.3. The number of ether oxygens (including phenoxy) is 3. The summed E-state index contributed by atoms with van der Waals surface area (Å²) >= 11 is 5.12. The van der Waals surface area contributed by atoms with Crippen molar-refractivity contribution in [2.24, 2.45) is 5.92 Å². The van der Waals surface area contributed by atoms with Gasteiger partial charge in [0.1, 0.15) is 0 Å². The van der Waals surface area contributed by atoms with Gasteiger partial charge in [0.25, 0.3) is 5.91 Å². The molecule has 1 atom stereocenters. The fourth-order valence-corrected chi connectivity index (χ4v) is 2.28. The highest BCUT2D eigenvalue weighted by Gasteiger charge is 2.13. The fourth-order valence-electron chi connectivity index (χ4n) is 2.03. The predicted octanol–water partition coefficient (Wildman–Crippen LogP) is 2.26. The predicted molar refractivity (Wildman–Crippen MR) is 106 cm³/mol. The van der Waals surface area contributed by atoms with Crippen LogP contribution in [0.5, 0.6) is 11.5 Å². The average molecular weight is 384 g/mol. The van der Waals surface area contributed by atoms with Crippen LogP contribution >= 0.6 is 12.2 Å². The van der Waals surface area contributed by atoms with E-state index in [1.165, 1.54) is 0 Å². The van der Waals surface area contributed by atoms with E-state index in [9.17, 15) is 4.79 Å². The molecule has 0 heterocycles. The summed E-state index contributed by atoms with van der Waals surface area (Å²) in [6, 6.07) is 5.10. The summed E-state index contributed by atoms with van der Waals surface area (Å²) in [6.45, 7) is 9.50. The molecule has 3 N–H and O–H groups in total. The molecule has 0 saturated heterocycles. The molecule has 7 nitrogen and oxygen atoms in total. The van der Waals surface area contributed by atoms with Crippen molar-refractivity contribution in [3.05, 3.63) is 23.8 Å². The van der Waals surface area contributed by atoms with Crippen LogP contribution in [0, 0.1) is 5.92 Å². The molecule has 0 fully saturated rings. The largest absolute Gasteiger partial charge is 0.490 e. The second kappa shape index (κ2) is 11.5. The molecule has 0 bridgehead atoms. The molecule has 1 rings (SSSR count). The summed E-state index contributed by atoms with van der Waals surface area (Å²) in [7, 11) is 1.61. The maximum absolute atomic E-state index is 12.3. The molecule has 0 unspecified atom stereocenters. The Balaban J connectivity index is 2.67. The highest BCUT2D eigenvalue weighted by Crippen LogP contribution is 2.28. The van der Waals surface area contributed by atoms with Gasteiger partial charge in [0.2, 0.25) is 0 Å². The van der Waals surface area contributed by atoms with Crippen molar-refractivity contribution in [1.29, 1.82) is 0 Å². The zero-order valence-corrected chi connectivity index (χ0v) is 16.9. The minimum atomic E-state index is -0.329. The molecule has 0 radical (unpaired) electrons. The topological polar surface area (TPSA) is 80.9 Å². The van der Waals surface area contributed by atoms with Crippen molar-refractivity contribution in [2.45, 2.75) is 33.7 Å². The highest BCUT2D eigenvalue weighted by molar-refractivity contribution is 7.80. The minimum absolute atomic E-state index is 0.0267. The first-order valence-electron chi connectivity index (χ1n) is 8.62. The molecular formula is C18H29N3O4S. The Morgan fingerprint density at radius 2 is 1.85 bits per heavy atom. The molecule has 0 aliphatic rings. The summed E-state index contributed by atoms with van der Waals surface area (Å²) in [4.78, 5) is 12.3. The Morgan fingerprint density at radius 1 is 1.12 bits per heavy atom. The van der Waals surface area contributed by atoms with Crippen molar-refractivity contribution in [3.63, 3.8) is 0 Å². The second-order valence-electron chi connectivity index (χ2n) is 6.21. The third-order valence-electron chi connectivity index (χ3n) is 3.16. The SMILES string of the molecule is CCOc1cc(C(=O)NNC(=S)N[C@@H](C)COC)ccc1OCC(C)C. The standard InChI is InChI=1S/C18H29N3O4S/c1-6-24-16-9-14(7-8-15(16)25-10-12(2)3)17(22)20-21-18(26)19-13(4)11-23-5/h7-9,12-13H,6,10-11H2,1-5H3,(H,20,22)(H2,19,21,26)/t13-/m0/s1. The summed E-state index contributed by atoms with van der Waals surface area (Å²) in [6.07, 6.45) is 0. The van der Waals surface area contributed by atoms with Gasteiger partial charge in [0.05, 0.1) is 19.8 Å². The highest BCUT2D eigenvalue weighted by atomic mass is 32.1. The Kier molecular flexibility index (Phi) is 9.75. The number of hydrogen-bond donors (Lipinski definition) is 3. The van der Waals surface area contributed by atoms with Crippen LogP contribution < -0.4 is 25.6 Å². The normalized spacial score (nSPS) is 11.6. The Bertz CT molecular complexity index is 596. The van der Waals surface area contributed by atoms with Crippen molar-refractivity contribution >= 4 is 23.2 Å². The van der Waals surface area contributed by atoms with E-state index in [2.05, 4.69) is 30.0 Å². The third kappa shape index (κ3) is 7.88. The maximum atomic E-state index is 12.3. The molecule has 0 saturated carbocycles. The number of carbonyl (C=O) groups excluding carboxylic acids is 1. The van der Waals surface area contributed by atoms with Crippen LogP contribution in [-0.2, 0) is 4.74 Å². The quantitative estimate of drug-likeness (QED) is 0.446. The third-order valence-corrected chi connectivity index (χ3v) is 3.38. The fraction of sp³-hybridized carbons (Fsp3) is 0.556. The summed E-state index contributed by atoms with van der Waals surface area (Å²) in [5, 5.41) is 3.30. The number of hydrogen-bond acceptors (Lipinski definition) is 5. The molecule has 0 spiro atoms. The molecule has 0 aromatic heterocycles. The molecule has 1 aromatic rings. The van der Waals surface area contributed by atoms with Crippen LogP contribution in [0.15, 0.2) is 18.2 Å². The zero-order valence-electron chi connectivity index (χ0n) is 16.0. The van der Waals surface area contributed by atoms with E-state index in [0.717, 1.165) is 0 Å². The Labute approximate surface area is 160 Å². The molecule has 1 amide bonds. The Hall–Kier alpha value is -2.06. The van der Waals surface area contributed by atoms with Crippen LogP contribution in [-0.4, -0.2) is 44.0 Å². The van der Waals surface area contributed by atoms with E-state index in [4.69, 9.17) is 26.4 Å². The summed E-state index contributed by atoms with van der Waals surface area (Å²) in [5.41, 5.74) is 5.66. The summed E-state index contributed by atoms with van der Waals surface area (Å²) in [5.74, 6) is 1.22. The molecule has 26 heavy (non-hydrogen) atoms. The molecule has 146 valence electrons. The lowest BCUT2D eigenvalue weighted by Gasteiger charge is -2.17. The van der Waals surface area contributed by atoms with Crippen LogP contribution in [0.3, 0.4) is 0 Å². The smallest absolute Gasteiger partial charge is 0.269 e. The van der Waals surface area contributed by atoms with Gasteiger partial charge in [-0.05, 0) is 50.2 Å². The van der Waals surface area contributed by atoms with Gasteiger partial charge >= 0.3 is 0 Å². The molecular weight excluding hydrogens is 354 g/mol. The van der Waals surface area contributed by atoms with Crippen molar-refractivity contribution < 1.29 is 19.0 Å². The first-order chi connectivity index (χ1) is 12.4. The second-order valence-corrected chi connectivity index (χ2v) is 6.62. The van der Waals surface area contributed by atoms with E-state index >= 15 is 0 Å². The average Bonchev–Trinajstić information content (AvgIpc) is 2.58. The number of rotatable bonds is 9. The number of nitrogens with one attached hydrogen (secondary N) is 3. The van der Waals surface area contributed by atoms with Gasteiger partial charge in [-0.1, -0.05) is 13.8 Å². The number of carbonyl (C=O) groups is 1. The number of methoxy groups -OCH3 is 1. The number of hydrazine groups is 1. The molecule has 8 heteroatoms. The maximum Gasteiger partial charge on any atom is 0.269 e. The van der Waals surface area contributed by atoms with E-state index in [-0.39, 0.29) is 11.9 Å². The molecule has 1 aromatic carbocycles. The molecule has 0 aliphatic carbocycles. The van der Waals surface area contributed by atoms with Crippen molar-refractivity contribution in [2.75, 3.05) is 26.9 Å². The van der Waals surface area contributed by atoms with Crippen LogP contribution in [0.4, 0.5) is 0 Å². The first kappa shape index (κ1) is 22.0. The van der Waals surface area contributed by atoms with Crippen LogP contribution in [0.1, 0.15) is 38.1 Å². The van der Waals surface area contributed by atoms with Crippen molar-refractivity contribution in [1.82, 2.24) is 16.2 Å². The van der Waals surface area contributed by atoms with Gasteiger partial charge in [-0.2, -0.15) is 0 Å². The lowest BCUT2D eigenvalue weighted by atomic mass is 10.2.